The third kappa shape index (κ3) is 3.47. The molecule has 0 amide bonds. The summed E-state index contributed by atoms with van der Waals surface area (Å²) in [5.41, 5.74) is 1.34. The Bertz CT molecular complexity index is 327. The lowest BCUT2D eigenvalue weighted by Gasteiger charge is -2.26. The van der Waals surface area contributed by atoms with Crippen molar-refractivity contribution in [2.24, 2.45) is 0 Å². The van der Waals surface area contributed by atoms with Gasteiger partial charge in [0.25, 0.3) is 0 Å². The molecule has 0 spiro atoms. The van der Waals surface area contributed by atoms with E-state index in [0.717, 1.165) is 5.75 Å². The van der Waals surface area contributed by atoms with E-state index >= 15 is 0 Å². The smallest absolute Gasteiger partial charge is 0.118 e. The number of methoxy groups -OCH3 is 1. The number of hydrogen-bond acceptors (Lipinski definition) is 2. The van der Waals surface area contributed by atoms with Crippen LogP contribution >= 0.6 is 0 Å². The van der Waals surface area contributed by atoms with Crippen molar-refractivity contribution in [3.63, 3.8) is 0 Å². The Morgan fingerprint density at radius 3 is 2.35 bits per heavy atom. The molecule has 0 bridgehead atoms. The van der Waals surface area contributed by atoms with Crippen molar-refractivity contribution in [1.82, 2.24) is 5.32 Å². The van der Waals surface area contributed by atoms with Gasteiger partial charge in [0.1, 0.15) is 5.75 Å². The van der Waals surface area contributed by atoms with Gasteiger partial charge in [-0.3, -0.25) is 0 Å². The molecule has 0 heterocycles. The Hall–Kier alpha value is -1.02. The van der Waals surface area contributed by atoms with E-state index < -0.39 is 0 Å². The summed E-state index contributed by atoms with van der Waals surface area (Å²) in [6.07, 6.45) is 6.84. The highest BCUT2D eigenvalue weighted by atomic mass is 16.5. The van der Waals surface area contributed by atoms with Gasteiger partial charge in [-0.15, -0.1) is 0 Å². The number of nitrogens with one attached hydrogen (secondary N) is 1. The predicted octanol–water partition coefficient (Wildman–Crippen LogP) is 3.68. The number of benzene rings is 1. The molecule has 1 atom stereocenters. The molecule has 94 valence electrons. The summed E-state index contributed by atoms with van der Waals surface area (Å²) in [6, 6.07) is 9.52. The van der Waals surface area contributed by atoms with E-state index in [9.17, 15) is 0 Å². The molecule has 1 saturated carbocycles. The fourth-order valence-electron chi connectivity index (χ4n) is 2.61. The third-order valence-electron chi connectivity index (χ3n) is 3.71. The summed E-state index contributed by atoms with van der Waals surface area (Å²) in [6.45, 7) is 2.25. The zero-order valence-corrected chi connectivity index (χ0v) is 10.9. The van der Waals surface area contributed by atoms with Gasteiger partial charge in [0.05, 0.1) is 7.11 Å². The van der Waals surface area contributed by atoms with Gasteiger partial charge in [0, 0.05) is 12.1 Å². The van der Waals surface area contributed by atoms with Crippen LogP contribution in [0.4, 0.5) is 0 Å². The van der Waals surface area contributed by atoms with Crippen molar-refractivity contribution in [2.75, 3.05) is 7.11 Å². The van der Waals surface area contributed by atoms with Crippen LogP contribution in [0, 0.1) is 0 Å². The summed E-state index contributed by atoms with van der Waals surface area (Å²) in [5, 5.41) is 3.73. The maximum absolute atomic E-state index is 5.18. The Morgan fingerprint density at radius 2 is 1.76 bits per heavy atom. The SMILES string of the molecule is COc1ccc(C(C)NC2CCCCC2)cc1. The monoisotopic (exact) mass is 233 g/mol. The van der Waals surface area contributed by atoms with Gasteiger partial charge in [0.15, 0.2) is 0 Å². The topological polar surface area (TPSA) is 21.3 Å². The predicted molar refractivity (Wildman–Crippen MR) is 71.4 cm³/mol. The van der Waals surface area contributed by atoms with Crippen LogP contribution in [-0.2, 0) is 0 Å². The number of hydrogen-bond donors (Lipinski definition) is 1. The van der Waals surface area contributed by atoms with Crippen molar-refractivity contribution in [3.8, 4) is 5.75 Å². The molecule has 0 aromatic heterocycles. The largest absolute Gasteiger partial charge is 0.497 e. The second-order valence-electron chi connectivity index (χ2n) is 5.00. The van der Waals surface area contributed by atoms with Gasteiger partial charge in [-0.1, -0.05) is 31.4 Å². The summed E-state index contributed by atoms with van der Waals surface area (Å²) < 4.78 is 5.18. The van der Waals surface area contributed by atoms with E-state index in [0.29, 0.717) is 12.1 Å². The first kappa shape index (κ1) is 12.4. The second kappa shape index (κ2) is 6.06. The van der Waals surface area contributed by atoms with Crippen LogP contribution < -0.4 is 10.1 Å². The first-order valence-electron chi connectivity index (χ1n) is 6.69. The van der Waals surface area contributed by atoms with Gasteiger partial charge in [0.2, 0.25) is 0 Å². The standard InChI is InChI=1S/C15H23NO/c1-12(16-14-6-4-3-5-7-14)13-8-10-15(17-2)11-9-13/h8-12,14,16H,3-7H2,1-2H3. The Balaban J connectivity index is 1.91. The lowest BCUT2D eigenvalue weighted by molar-refractivity contribution is 0.346. The molecular weight excluding hydrogens is 210 g/mol. The van der Waals surface area contributed by atoms with Crippen molar-refractivity contribution >= 4 is 0 Å². The first-order valence-corrected chi connectivity index (χ1v) is 6.69. The number of rotatable bonds is 4. The molecule has 1 unspecified atom stereocenters. The van der Waals surface area contributed by atoms with E-state index in [4.69, 9.17) is 4.74 Å². The van der Waals surface area contributed by atoms with Gasteiger partial charge >= 0.3 is 0 Å². The highest BCUT2D eigenvalue weighted by Gasteiger charge is 2.16. The summed E-state index contributed by atoms with van der Waals surface area (Å²) in [7, 11) is 1.71. The Kier molecular flexibility index (Phi) is 4.43. The molecule has 0 saturated heterocycles. The van der Waals surface area contributed by atoms with Crippen LogP contribution in [0.5, 0.6) is 5.75 Å². The maximum atomic E-state index is 5.18. The summed E-state index contributed by atoms with van der Waals surface area (Å²) in [4.78, 5) is 0. The van der Waals surface area contributed by atoms with Crippen molar-refractivity contribution in [1.29, 1.82) is 0 Å². The molecule has 0 radical (unpaired) electrons. The van der Waals surface area contributed by atoms with Crippen molar-refractivity contribution in [3.05, 3.63) is 29.8 Å². The van der Waals surface area contributed by atoms with Crippen molar-refractivity contribution in [2.45, 2.75) is 51.1 Å². The van der Waals surface area contributed by atoms with E-state index in [-0.39, 0.29) is 0 Å². The summed E-state index contributed by atoms with van der Waals surface area (Å²) in [5.74, 6) is 0.929. The van der Waals surface area contributed by atoms with Gasteiger partial charge < -0.3 is 10.1 Å². The fourth-order valence-corrected chi connectivity index (χ4v) is 2.61. The Labute approximate surface area is 104 Å². The second-order valence-corrected chi connectivity index (χ2v) is 5.00. The molecule has 17 heavy (non-hydrogen) atoms. The Morgan fingerprint density at radius 1 is 1.12 bits per heavy atom. The zero-order chi connectivity index (χ0) is 12.1. The quantitative estimate of drug-likeness (QED) is 0.856. The molecular formula is C15H23NO. The minimum Gasteiger partial charge on any atom is -0.497 e. The van der Waals surface area contributed by atoms with E-state index in [1.807, 2.05) is 12.1 Å². The highest BCUT2D eigenvalue weighted by Crippen LogP contribution is 2.22. The average molecular weight is 233 g/mol. The lowest BCUT2D eigenvalue weighted by atomic mass is 9.94. The molecule has 2 heteroatoms. The van der Waals surface area contributed by atoms with Crippen LogP contribution in [0.1, 0.15) is 50.6 Å². The fraction of sp³-hybridized carbons (Fsp3) is 0.600. The van der Waals surface area contributed by atoms with Gasteiger partial charge in [-0.05, 0) is 37.5 Å². The highest BCUT2D eigenvalue weighted by molar-refractivity contribution is 5.28. The van der Waals surface area contributed by atoms with Crippen LogP contribution in [0.2, 0.25) is 0 Å². The molecule has 0 aliphatic heterocycles. The molecule has 1 aliphatic rings. The van der Waals surface area contributed by atoms with E-state index in [2.05, 4.69) is 24.4 Å². The molecule has 2 nitrogen and oxygen atoms in total. The zero-order valence-electron chi connectivity index (χ0n) is 10.9. The minimum absolute atomic E-state index is 0.434. The maximum Gasteiger partial charge on any atom is 0.118 e. The van der Waals surface area contributed by atoms with E-state index in [1.54, 1.807) is 7.11 Å². The van der Waals surface area contributed by atoms with Crippen LogP contribution in [0.3, 0.4) is 0 Å². The van der Waals surface area contributed by atoms with E-state index in [1.165, 1.54) is 37.7 Å². The minimum atomic E-state index is 0.434. The average Bonchev–Trinajstić information content (AvgIpc) is 2.40. The molecule has 1 aromatic carbocycles. The number of ether oxygens (including phenoxy) is 1. The molecule has 1 fully saturated rings. The third-order valence-corrected chi connectivity index (χ3v) is 3.71. The normalized spacial score (nSPS) is 18.9. The van der Waals surface area contributed by atoms with Crippen LogP contribution in [-0.4, -0.2) is 13.2 Å². The van der Waals surface area contributed by atoms with Gasteiger partial charge in [-0.2, -0.15) is 0 Å². The molecule has 1 aromatic rings. The lowest BCUT2D eigenvalue weighted by Crippen LogP contribution is -2.33. The van der Waals surface area contributed by atoms with Crippen LogP contribution in [0.15, 0.2) is 24.3 Å². The van der Waals surface area contributed by atoms with Crippen molar-refractivity contribution < 1.29 is 4.74 Å². The van der Waals surface area contributed by atoms with Gasteiger partial charge in [-0.25, -0.2) is 0 Å². The molecule has 1 aliphatic carbocycles. The molecule has 1 N–H and O–H groups in total. The van der Waals surface area contributed by atoms with Crippen LogP contribution in [0.25, 0.3) is 0 Å². The first-order chi connectivity index (χ1) is 8.29. The summed E-state index contributed by atoms with van der Waals surface area (Å²) >= 11 is 0. The molecule has 2 rings (SSSR count).